The number of likely N-dealkylation sites (N-methyl/N-ethyl adjacent to an activating group) is 1. The maximum absolute atomic E-state index is 14.4. The van der Waals surface area contributed by atoms with Gasteiger partial charge in [0.1, 0.15) is 11.5 Å². The first-order valence-corrected chi connectivity index (χ1v) is 14.4. The van der Waals surface area contributed by atoms with Gasteiger partial charge in [0.05, 0.1) is 23.2 Å². The van der Waals surface area contributed by atoms with Crippen molar-refractivity contribution in [3.8, 4) is 11.5 Å². The van der Waals surface area contributed by atoms with Crippen LogP contribution in [0.5, 0.6) is 11.5 Å². The van der Waals surface area contributed by atoms with E-state index in [0.29, 0.717) is 11.3 Å². The van der Waals surface area contributed by atoms with Gasteiger partial charge < -0.3 is 25.6 Å². The molecule has 2 fully saturated rings. The first-order valence-electron chi connectivity index (χ1n) is 14.4. The lowest BCUT2D eigenvalue weighted by Crippen LogP contribution is -2.79. The van der Waals surface area contributed by atoms with Gasteiger partial charge in [0.2, 0.25) is 5.91 Å². The van der Waals surface area contributed by atoms with E-state index in [0.717, 1.165) is 0 Å². The van der Waals surface area contributed by atoms with Crippen LogP contribution >= 0.6 is 0 Å². The summed E-state index contributed by atoms with van der Waals surface area (Å²) in [6.07, 6.45) is -1.05. The van der Waals surface area contributed by atoms with Gasteiger partial charge >= 0.3 is 6.09 Å². The maximum Gasteiger partial charge on any atom is 0.417 e. The molecule has 0 saturated heterocycles. The summed E-state index contributed by atoms with van der Waals surface area (Å²) < 4.78 is 5.27. The van der Waals surface area contributed by atoms with Gasteiger partial charge in [0, 0.05) is 25.2 Å². The summed E-state index contributed by atoms with van der Waals surface area (Å²) in [4.78, 5) is 84.3. The number of aliphatic hydroxyl groups is 1. The molecule has 0 radical (unpaired) electrons. The van der Waals surface area contributed by atoms with E-state index in [1.165, 1.54) is 32.0 Å². The SMILES string of the molecule is CN(C)c1cc(NC(=O)Oc2ccccc2)c(O)c2c1C[C@@]1(C)C[C@@]3(C)[C@H](N(C)C)C(=O)C(C(N)=O)C(=O)[C@@]3(O)C(=O)C1C2=O. The predicted molar refractivity (Wildman–Crippen MR) is 161 cm³/mol. The number of nitrogens with one attached hydrogen (secondary N) is 1. The number of amides is 2. The van der Waals surface area contributed by atoms with E-state index in [-0.39, 0.29) is 29.8 Å². The molecule has 0 heterocycles. The highest BCUT2D eigenvalue weighted by Gasteiger charge is 2.76. The number of ether oxygens (including phenoxy) is 1. The molecule has 2 aromatic rings. The van der Waals surface area contributed by atoms with Gasteiger partial charge in [-0.1, -0.05) is 32.0 Å². The smallest absolute Gasteiger partial charge is 0.417 e. The van der Waals surface area contributed by atoms with Gasteiger partial charge in [0.15, 0.2) is 34.7 Å². The van der Waals surface area contributed by atoms with E-state index >= 15 is 0 Å². The van der Waals surface area contributed by atoms with Crippen molar-refractivity contribution < 1.29 is 43.7 Å². The Bertz CT molecular complexity index is 1670. The van der Waals surface area contributed by atoms with E-state index in [2.05, 4.69) is 5.32 Å². The molecular weight excluding hydrogens is 584 g/mol. The molecule has 13 nitrogen and oxygen atoms in total. The van der Waals surface area contributed by atoms with Gasteiger partial charge in [-0.3, -0.25) is 34.2 Å². The molecule has 0 aliphatic heterocycles. The summed E-state index contributed by atoms with van der Waals surface area (Å²) in [7, 11) is 6.46. The van der Waals surface area contributed by atoms with Crippen LogP contribution in [0.1, 0.15) is 36.2 Å². The summed E-state index contributed by atoms with van der Waals surface area (Å²) in [6.45, 7) is 3.11. The Kier molecular flexibility index (Phi) is 7.41. The molecule has 3 aliphatic carbocycles. The van der Waals surface area contributed by atoms with Crippen LogP contribution in [0.4, 0.5) is 16.2 Å². The van der Waals surface area contributed by atoms with Gasteiger partial charge in [-0.25, -0.2) is 4.79 Å². The van der Waals surface area contributed by atoms with Crippen LogP contribution < -0.4 is 20.7 Å². The number of carbonyl (C=O) groups is 6. The summed E-state index contributed by atoms with van der Waals surface area (Å²) in [5, 5.41) is 25.9. The molecule has 2 unspecified atom stereocenters. The van der Waals surface area contributed by atoms with Crippen LogP contribution in [0.25, 0.3) is 0 Å². The number of benzene rings is 2. The maximum atomic E-state index is 14.4. The monoisotopic (exact) mass is 620 g/mol. The Morgan fingerprint density at radius 1 is 1.02 bits per heavy atom. The normalized spacial score (nSPS) is 30.7. The minimum Gasteiger partial charge on any atom is -0.505 e. The van der Waals surface area contributed by atoms with Crippen LogP contribution in [0.3, 0.4) is 0 Å². The molecule has 0 spiro atoms. The van der Waals surface area contributed by atoms with Crippen molar-refractivity contribution >= 4 is 46.5 Å². The van der Waals surface area contributed by atoms with Crippen molar-refractivity contribution in [2.75, 3.05) is 38.4 Å². The fourth-order valence-electron chi connectivity index (χ4n) is 7.99. The van der Waals surface area contributed by atoms with Crippen molar-refractivity contribution in [2.24, 2.45) is 28.4 Å². The molecule has 0 aromatic heterocycles. The van der Waals surface area contributed by atoms with Crippen LogP contribution in [0.15, 0.2) is 36.4 Å². The van der Waals surface area contributed by atoms with E-state index < -0.39 is 75.2 Å². The minimum absolute atomic E-state index is 0.0355. The summed E-state index contributed by atoms with van der Waals surface area (Å²) in [5.41, 5.74) is -0.0298. The van der Waals surface area contributed by atoms with E-state index in [4.69, 9.17) is 10.5 Å². The second-order valence-electron chi connectivity index (χ2n) is 13.1. The van der Waals surface area contributed by atoms with Crippen LogP contribution in [-0.2, 0) is 25.6 Å². The largest absolute Gasteiger partial charge is 0.505 e. The highest BCUT2D eigenvalue weighted by molar-refractivity contribution is 6.33. The predicted octanol–water partition coefficient (Wildman–Crippen LogP) is 1.32. The highest BCUT2D eigenvalue weighted by atomic mass is 16.6. The topological polar surface area (TPSA) is 197 Å². The highest BCUT2D eigenvalue weighted by Crippen LogP contribution is 2.62. The molecular formula is C32H36N4O9. The van der Waals surface area contributed by atoms with E-state index in [9.17, 15) is 39.0 Å². The number of anilines is 2. The van der Waals surface area contributed by atoms with Crippen LogP contribution in [-0.4, -0.2) is 90.1 Å². The second-order valence-corrected chi connectivity index (χ2v) is 13.1. The number of phenolic OH excluding ortho intramolecular Hbond substituents is 1. The molecule has 5 rings (SSSR count). The zero-order chi connectivity index (χ0) is 33.4. The molecule has 13 heteroatoms. The number of primary amides is 1. The number of phenols is 1. The van der Waals surface area contributed by atoms with Crippen LogP contribution in [0.2, 0.25) is 0 Å². The first-order chi connectivity index (χ1) is 20.9. The minimum atomic E-state index is -2.91. The third-order valence-electron chi connectivity index (χ3n) is 9.64. The van der Waals surface area contributed by atoms with Gasteiger partial charge in [-0.15, -0.1) is 0 Å². The zero-order valence-electron chi connectivity index (χ0n) is 25.8. The first kappa shape index (κ1) is 31.8. The number of nitrogens with two attached hydrogens (primary N) is 1. The lowest BCUT2D eigenvalue weighted by Gasteiger charge is -2.61. The van der Waals surface area contributed by atoms with Crippen LogP contribution in [0, 0.1) is 22.7 Å². The average Bonchev–Trinajstić information content (AvgIpc) is 2.92. The summed E-state index contributed by atoms with van der Waals surface area (Å²) >= 11 is 0. The van der Waals surface area contributed by atoms with Gasteiger partial charge in [0.25, 0.3) is 0 Å². The van der Waals surface area contributed by atoms with Crippen molar-refractivity contribution in [1.29, 1.82) is 0 Å². The molecule has 2 amide bonds. The third kappa shape index (κ3) is 4.44. The number of para-hydroxylation sites is 1. The molecule has 2 saturated carbocycles. The number of nitrogens with zero attached hydrogens (tertiary/aromatic N) is 2. The summed E-state index contributed by atoms with van der Waals surface area (Å²) in [6, 6.07) is 8.39. The fraction of sp³-hybridized carbons (Fsp3) is 0.438. The zero-order valence-corrected chi connectivity index (χ0v) is 25.8. The Hall–Kier alpha value is -4.62. The van der Waals surface area contributed by atoms with Gasteiger partial charge in [-0.05, 0) is 56.1 Å². The molecule has 5 N–H and O–H groups in total. The van der Waals surface area contributed by atoms with E-state index in [1.54, 1.807) is 56.3 Å². The Balaban J connectivity index is 1.65. The second kappa shape index (κ2) is 10.5. The fourth-order valence-corrected chi connectivity index (χ4v) is 7.99. The number of ketones is 4. The number of hydrogen-bond acceptors (Lipinski definition) is 11. The number of Topliss-reactive ketones (excluding diaryl/α,β-unsaturated/α-hetero) is 4. The molecule has 238 valence electrons. The third-order valence-corrected chi connectivity index (χ3v) is 9.64. The van der Waals surface area contributed by atoms with Crippen molar-refractivity contribution in [3.63, 3.8) is 0 Å². The number of fused-ring (bicyclic) bond motifs is 3. The molecule has 0 bridgehead atoms. The quantitative estimate of drug-likeness (QED) is 0.278. The number of hydrogen-bond donors (Lipinski definition) is 4. The number of aromatic hydroxyl groups is 1. The number of carbonyl (C=O) groups excluding carboxylic acids is 6. The van der Waals surface area contributed by atoms with Gasteiger partial charge in [-0.2, -0.15) is 0 Å². The van der Waals surface area contributed by atoms with Crippen molar-refractivity contribution in [2.45, 2.75) is 38.3 Å². The van der Waals surface area contributed by atoms with Crippen molar-refractivity contribution in [1.82, 2.24) is 4.90 Å². The average molecular weight is 621 g/mol. The molecule has 6 atom stereocenters. The molecule has 3 aliphatic rings. The standard InChI is InChI=1S/C32H36N4O9/c1-30-13-16-18(35(3)4)12-17(34-29(43)45-15-10-8-7-9-11-15)22(37)19(16)23(38)21(30)27(41)32(44)26(40)20(28(33)42)24(39)25(36(5)6)31(32,2)14-30/h7-12,20-21,25,37,44H,13-14H2,1-6H3,(H2,33,42)(H,34,43)/t20?,21?,25-,30+,31+,32-/m1/s1. The Morgan fingerprint density at radius 3 is 2.20 bits per heavy atom. The molecule has 45 heavy (non-hydrogen) atoms. The summed E-state index contributed by atoms with van der Waals surface area (Å²) in [5.74, 6) is -9.64. The van der Waals surface area contributed by atoms with E-state index in [1.807, 2.05) is 0 Å². The lowest BCUT2D eigenvalue weighted by molar-refractivity contribution is -0.203. The Labute approximate surface area is 259 Å². The lowest BCUT2D eigenvalue weighted by atomic mass is 9.42. The molecule has 2 aromatic carbocycles. The van der Waals surface area contributed by atoms with Crippen molar-refractivity contribution in [3.05, 3.63) is 47.5 Å². The number of rotatable bonds is 5. The Morgan fingerprint density at radius 2 is 1.64 bits per heavy atom.